The summed E-state index contributed by atoms with van der Waals surface area (Å²) in [6.45, 7) is 0.0377. The quantitative estimate of drug-likeness (QED) is 0.406. The second kappa shape index (κ2) is 7.23. The molecule has 0 aliphatic heterocycles. The minimum Gasteiger partial charge on any atom is -0.348 e. The van der Waals surface area contributed by atoms with Crippen LogP contribution in [-0.4, -0.2) is 44.8 Å². The van der Waals surface area contributed by atoms with Crippen LogP contribution in [-0.2, 0) is 14.4 Å². The van der Waals surface area contributed by atoms with Gasteiger partial charge in [0.2, 0.25) is 11.8 Å². The second-order valence-corrected chi connectivity index (χ2v) is 2.28. The van der Waals surface area contributed by atoms with E-state index in [1.54, 1.807) is 7.05 Å². The minimum atomic E-state index is -0.378. The maximum absolute atomic E-state index is 10.8. The molecule has 0 aromatic rings. The van der Waals surface area contributed by atoms with Gasteiger partial charge in [0.05, 0.1) is 19.6 Å². The number of nitrogens with one attached hydrogen (secondary N) is 3. The minimum absolute atomic E-state index is 0.0271. The Morgan fingerprint density at radius 3 is 2.31 bits per heavy atom. The highest BCUT2D eigenvalue weighted by Crippen LogP contribution is 1.65. The summed E-state index contributed by atoms with van der Waals surface area (Å²) < 4.78 is 0. The predicted molar refractivity (Wildman–Crippen MR) is 46.0 cm³/mol. The van der Waals surface area contributed by atoms with E-state index in [-0.39, 0.29) is 31.4 Å². The summed E-state index contributed by atoms with van der Waals surface area (Å²) in [5.74, 6) is -0.639. The molecule has 2 amide bonds. The first-order valence-electron chi connectivity index (χ1n) is 3.82. The van der Waals surface area contributed by atoms with Crippen LogP contribution < -0.4 is 16.0 Å². The highest BCUT2D eigenvalue weighted by Gasteiger charge is 2.02. The average Bonchev–Trinajstić information content (AvgIpc) is 2.12. The Hall–Kier alpha value is -1.43. The average molecular weight is 187 g/mol. The van der Waals surface area contributed by atoms with Gasteiger partial charge in [-0.3, -0.25) is 9.59 Å². The van der Waals surface area contributed by atoms with Gasteiger partial charge in [0, 0.05) is 0 Å². The van der Waals surface area contributed by atoms with Crippen LogP contribution in [0.4, 0.5) is 0 Å². The molecule has 6 nitrogen and oxygen atoms in total. The lowest BCUT2D eigenvalue weighted by atomic mass is 10.5. The number of aldehydes is 1. The van der Waals surface area contributed by atoms with Gasteiger partial charge in [0.15, 0.2) is 0 Å². The maximum atomic E-state index is 10.8. The number of rotatable bonds is 6. The molecule has 0 radical (unpaired) electrons. The van der Waals surface area contributed by atoms with Gasteiger partial charge in [-0.1, -0.05) is 0 Å². The Morgan fingerprint density at radius 1 is 1.15 bits per heavy atom. The Bertz CT molecular complexity index is 193. The molecule has 0 aromatic carbocycles. The third kappa shape index (κ3) is 6.95. The van der Waals surface area contributed by atoms with Crippen LogP contribution in [0.2, 0.25) is 0 Å². The molecule has 0 aromatic heterocycles. The van der Waals surface area contributed by atoms with Gasteiger partial charge in [0.1, 0.15) is 6.29 Å². The number of amides is 2. The summed E-state index contributed by atoms with van der Waals surface area (Å²) in [6, 6.07) is 0. The highest BCUT2D eigenvalue weighted by atomic mass is 16.2. The van der Waals surface area contributed by atoms with Crippen molar-refractivity contribution in [2.24, 2.45) is 0 Å². The molecular weight excluding hydrogens is 174 g/mol. The maximum Gasteiger partial charge on any atom is 0.239 e. The molecule has 0 spiro atoms. The molecule has 6 heteroatoms. The standard InChI is InChI=1S/C7H13N3O3/c1-8-4-6(12)10-5-7(13)9-2-3-11/h3,8H,2,4-5H2,1H3,(H,9,13)(H,10,12). The van der Waals surface area contributed by atoms with Crippen molar-refractivity contribution in [3.05, 3.63) is 0 Å². The normalized spacial score (nSPS) is 9.00. The van der Waals surface area contributed by atoms with Crippen LogP contribution in [0.5, 0.6) is 0 Å². The molecule has 13 heavy (non-hydrogen) atoms. The molecule has 0 rings (SSSR count). The Labute approximate surface area is 76.1 Å². The summed E-state index contributed by atoms with van der Waals surface area (Å²) in [7, 11) is 1.63. The fourth-order valence-electron chi connectivity index (χ4n) is 0.620. The van der Waals surface area contributed by atoms with Gasteiger partial charge in [-0.15, -0.1) is 0 Å². The fraction of sp³-hybridized carbons (Fsp3) is 0.571. The molecule has 0 saturated carbocycles. The molecular formula is C7H13N3O3. The third-order valence-corrected chi connectivity index (χ3v) is 1.17. The smallest absolute Gasteiger partial charge is 0.239 e. The van der Waals surface area contributed by atoms with Crippen molar-refractivity contribution in [2.75, 3.05) is 26.7 Å². The van der Waals surface area contributed by atoms with E-state index in [9.17, 15) is 14.4 Å². The molecule has 0 saturated heterocycles. The zero-order valence-electron chi connectivity index (χ0n) is 7.42. The first-order chi connectivity index (χ1) is 6.20. The Morgan fingerprint density at radius 2 is 1.77 bits per heavy atom. The van der Waals surface area contributed by atoms with E-state index in [4.69, 9.17) is 0 Å². The van der Waals surface area contributed by atoms with E-state index in [0.29, 0.717) is 6.29 Å². The van der Waals surface area contributed by atoms with Crippen LogP contribution in [0, 0.1) is 0 Å². The molecule has 0 aliphatic carbocycles. The van der Waals surface area contributed by atoms with Gasteiger partial charge in [-0.2, -0.15) is 0 Å². The fourth-order valence-corrected chi connectivity index (χ4v) is 0.620. The van der Waals surface area contributed by atoms with Crippen LogP contribution >= 0.6 is 0 Å². The van der Waals surface area contributed by atoms with Crippen LogP contribution in [0.15, 0.2) is 0 Å². The number of carbonyl (C=O) groups excluding carboxylic acids is 3. The first-order valence-corrected chi connectivity index (χ1v) is 3.82. The molecule has 0 fully saturated rings. The van der Waals surface area contributed by atoms with E-state index >= 15 is 0 Å². The van der Waals surface area contributed by atoms with Crippen molar-refractivity contribution in [3.8, 4) is 0 Å². The van der Waals surface area contributed by atoms with Crippen LogP contribution in [0.1, 0.15) is 0 Å². The van der Waals surface area contributed by atoms with Gasteiger partial charge < -0.3 is 20.7 Å². The van der Waals surface area contributed by atoms with Crippen LogP contribution in [0.25, 0.3) is 0 Å². The molecule has 0 atom stereocenters. The summed E-state index contributed by atoms with van der Waals surface area (Å²) in [5, 5.41) is 7.28. The molecule has 0 heterocycles. The van der Waals surface area contributed by atoms with Crippen molar-refractivity contribution in [1.82, 2.24) is 16.0 Å². The monoisotopic (exact) mass is 187 g/mol. The van der Waals surface area contributed by atoms with E-state index < -0.39 is 0 Å². The highest BCUT2D eigenvalue weighted by molar-refractivity contribution is 5.86. The second-order valence-electron chi connectivity index (χ2n) is 2.28. The van der Waals surface area contributed by atoms with Gasteiger partial charge in [-0.25, -0.2) is 0 Å². The number of hydrogen-bond donors (Lipinski definition) is 3. The molecule has 0 unspecified atom stereocenters. The molecule has 3 N–H and O–H groups in total. The number of likely N-dealkylation sites (N-methyl/N-ethyl adjacent to an activating group) is 1. The molecule has 0 bridgehead atoms. The Kier molecular flexibility index (Phi) is 6.44. The molecule has 0 aliphatic rings. The number of hydrogen-bond acceptors (Lipinski definition) is 4. The van der Waals surface area contributed by atoms with E-state index in [1.165, 1.54) is 0 Å². The lowest BCUT2D eigenvalue weighted by Gasteiger charge is -2.03. The summed E-state index contributed by atoms with van der Waals surface area (Å²) >= 11 is 0. The van der Waals surface area contributed by atoms with Crippen molar-refractivity contribution in [1.29, 1.82) is 0 Å². The van der Waals surface area contributed by atoms with Crippen molar-refractivity contribution < 1.29 is 14.4 Å². The Balaban J connectivity index is 3.45. The topological polar surface area (TPSA) is 87.3 Å². The first kappa shape index (κ1) is 11.6. The van der Waals surface area contributed by atoms with E-state index in [2.05, 4.69) is 16.0 Å². The lowest BCUT2D eigenvalue weighted by Crippen LogP contribution is -2.40. The van der Waals surface area contributed by atoms with Crippen molar-refractivity contribution in [3.63, 3.8) is 0 Å². The summed E-state index contributed by atoms with van der Waals surface area (Å²) in [4.78, 5) is 31.4. The van der Waals surface area contributed by atoms with Crippen molar-refractivity contribution in [2.45, 2.75) is 0 Å². The van der Waals surface area contributed by atoms with E-state index in [1.807, 2.05) is 0 Å². The van der Waals surface area contributed by atoms with Crippen LogP contribution in [0.3, 0.4) is 0 Å². The third-order valence-electron chi connectivity index (χ3n) is 1.17. The molecule has 74 valence electrons. The number of carbonyl (C=O) groups is 3. The largest absolute Gasteiger partial charge is 0.348 e. The van der Waals surface area contributed by atoms with Crippen molar-refractivity contribution >= 4 is 18.1 Å². The van der Waals surface area contributed by atoms with Gasteiger partial charge in [0.25, 0.3) is 0 Å². The van der Waals surface area contributed by atoms with Gasteiger partial charge in [-0.05, 0) is 7.05 Å². The zero-order valence-corrected chi connectivity index (χ0v) is 7.42. The summed E-state index contributed by atoms with van der Waals surface area (Å²) in [6.07, 6.45) is 0.577. The lowest BCUT2D eigenvalue weighted by molar-refractivity contribution is -0.125. The predicted octanol–water partition coefficient (Wildman–Crippen LogP) is -2.36. The summed E-state index contributed by atoms with van der Waals surface area (Å²) in [5.41, 5.74) is 0. The SMILES string of the molecule is CNCC(=O)NCC(=O)NCC=O. The van der Waals surface area contributed by atoms with E-state index in [0.717, 1.165) is 0 Å². The van der Waals surface area contributed by atoms with Gasteiger partial charge >= 0.3 is 0 Å². The zero-order chi connectivity index (χ0) is 10.1.